The third-order valence-corrected chi connectivity index (χ3v) is 5.05. The number of aromatic amines is 1. The van der Waals surface area contributed by atoms with Crippen LogP contribution in [0.4, 0.5) is 26.3 Å². The number of aromatic nitrogens is 3. The number of pyridine rings is 1. The van der Waals surface area contributed by atoms with Crippen LogP contribution in [-0.4, -0.2) is 20.5 Å². The Balaban J connectivity index is 2.26. The maximum atomic E-state index is 14.6. The van der Waals surface area contributed by atoms with Crippen molar-refractivity contribution in [2.24, 2.45) is 0 Å². The second kappa shape index (κ2) is 9.28. The average molecular weight is 498 g/mol. The minimum Gasteiger partial charge on any atom is -0.449 e. The lowest BCUT2D eigenvalue weighted by Crippen LogP contribution is -2.38. The Morgan fingerprint density at radius 1 is 1.23 bits per heavy atom. The second-order valence-corrected chi connectivity index (χ2v) is 7.55. The Morgan fingerprint density at radius 3 is 2.49 bits per heavy atom. The van der Waals surface area contributed by atoms with Crippen LogP contribution in [0.3, 0.4) is 0 Å². The predicted octanol–water partition coefficient (Wildman–Crippen LogP) is 4.64. The standard InChI is InChI=1S/C22H16F6N4O3/c1-11-14(8-29)6-13(18(23)24)7-15(11)35-16-17(22(27,28)21(2,25)26)31-10-32(20(16)34)9-12-4-3-5-30-19(12)33/h3-7,10,18H,9H2,1-2H3,(H,30,33). The van der Waals surface area contributed by atoms with E-state index in [0.717, 1.165) is 6.07 Å². The van der Waals surface area contributed by atoms with Crippen molar-refractivity contribution in [3.8, 4) is 17.6 Å². The molecule has 0 bridgehead atoms. The highest BCUT2D eigenvalue weighted by atomic mass is 19.3. The Kier molecular flexibility index (Phi) is 6.77. The van der Waals surface area contributed by atoms with Crippen LogP contribution in [0.2, 0.25) is 0 Å². The van der Waals surface area contributed by atoms with Crippen LogP contribution in [0.1, 0.15) is 41.3 Å². The molecule has 0 aliphatic carbocycles. The molecule has 0 radical (unpaired) electrons. The third-order valence-electron chi connectivity index (χ3n) is 5.05. The largest absolute Gasteiger partial charge is 0.449 e. The van der Waals surface area contributed by atoms with Crippen LogP contribution in [-0.2, 0) is 12.5 Å². The van der Waals surface area contributed by atoms with Gasteiger partial charge in [-0.3, -0.25) is 14.2 Å². The van der Waals surface area contributed by atoms with E-state index in [2.05, 4.69) is 9.97 Å². The molecule has 3 rings (SSSR count). The lowest BCUT2D eigenvalue weighted by Gasteiger charge is -2.24. The van der Waals surface area contributed by atoms with Gasteiger partial charge in [-0.2, -0.15) is 22.8 Å². The fourth-order valence-corrected chi connectivity index (χ4v) is 3.04. The first kappa shape index (κ1) is 25.5. The van der Waals surface area contributed by atoms with Crippen molar-refractivity contribution in [3.05, 3.63) is 85.4 Å². The highest BCUT2D eigenvalue weighted by molar-refractivity contribution is 5.51. The van der Waals surface area contributed by atoms with Crippen LogP contribution < -0.4 is 15.9 Å². The molecule has 1 aromatic carbocycles. The minimum absolute atomic E-state index is 0.00493. The summed E-state index contributed by atoms with van der Waals surface area (Å²) in [6, 6.07) is 5.92. The van der Waals surface area contributed by atoms with Gasteiger partial charge in [0.1, 0.15) is 5.75 Å². The van der Waals surface area contributed by atoms with Gasteiger partial charge >= 0.3 is 11.8 Å². The van der Waals surface area contributed by atoms with Crippen molar-refractivity contribution < 1.29 is 31.1 Å². The normalized spacial score (nSPS) is 12.0. The van der Waals surface area contributed by atoms with E-state index >= 15 is 0 Å². The smallest absolute Gasteiger partial charge is 0.355 e. The number of H-pyrrole nitrogens is 1. The van der Waals surface area contributed by atoms with E-state index in [0.29, 0.717) is 17.0 Å². The highest BCUT2D eigenvalue weighted by Gasteiger charge is 2.57. The van der Waals surface area contributed by atoms with Crippen molar-refractivity contribution in [1.82, 2.24) is 14.5 Å². The Bertz CT molecular complexity index is 1420. The third kappa shape index (κ3) is 4.91. The molecule has 184 valence electrons. The molecule has 1 N–H and O–H groups in total. The molecule has 0 saturated carbocycles. The molecular formula is C22H16F6N4O3. The summed E-state index contributed by atoms with van der Waals surface area (Å²) in [5.41, 5.74) is -4.89. The van der Waals surface area contributed by atoms with Gasteiger partial charge in [-0.05, 0) is 25.1 Å². The fraction of sp³-hybridized carbons (Fsp3) is 0.273. The molecule has 35 heavy (non-hydrogen) atoms. The minimum atomic E-state index is -5.00. The number of ether oxygens (including phenoxy) is 1. The topological polar surface area (TPSA) is 101 Å². The van der Waals surface area contributed by atoms with E-state index in [1.54, 1.807) is 6.07 Å². The summed E-state index contributed by atoms with van der Waals surface area (Å²) in [6.45, 7) is 0.643. The van der Waals surface area contributed by atoms with Gasteiger partial charge in [0, 0.05) is 29.8 Å². The molecule has 2 aromatic heterocycles. The van der Waals surface area contributed by atoms with Crippen LogP contribution in [0.25, 0.3) is 0 Å². The number of nitrogens with zero attached hydrogens (tertiary/aromatic N) is 3. The molecule has 0 aliphatic heterocycles. The lowest BCUT2D eigenvalue weighted by atomic mass is 10.0. The van der Waals surface area contributed by atoms with Gasteiger partial charge in [-0.15, -0.1) is 0 Å². The van der Waals surface area contributed by atoms with Gasteiger partial charge in [0.25, 0.3) is 17.5 Å². The fourth-order valence-electron chi connectivity index (χ4n) is 3.04. The number of benzene rings is 1. The average Bonchev–Trinajstić information content (AvgIpc) is 2.78. The number of halogens is 6. The summed E-state index contributed by atoms with van der Waals surface area (Å²) in [6.07, 6.45) is -1.25. The molecule has 7 nitrogen and oxygen atoms in total. The molecule has 0 atom stereocenters. The summed E-state index contributed by atoms with van der Waals surface area (Å²) in [5, 5.41) is 9.21. The molecule has 13 heteroatoms. The van der Waals surface area contributed by atoms with E-state index < -0.39 is 58.7 Å². The molecular weight excluding hydrogens is 482 g/mol. The highest BCUT2D eigenvalue weighted by Crippen LogP contribution is 2.45. The van der Waals surface area contributed by atoms with E-state index in [1.807, 2.05) is 0 Å². The van der Waals surface area contributed by atoms with E-state index in [9.17, 15) is 41.2 Å². The molecule has 0 spiro atoms. The first-order valence-electron chi connectivity index (χ1n) is 9.80. The van der Waals surface area contributed by atoms with Crippen LogP contribution in [0, 0.1) is 18.3 Å². The SMILES string of the molecule is Cc1c(C#N)cc(C(F)F)cc1Oc1c(C(F)(F)C(C)(F)F)ncn(Cc2ccc[nH]c2=O)c1=O. The Morgan fingerprint density at radius 2 is 1.91 bits per heavy atom. The summed E-state index contributed by atoms with van der Waals surface area (Å²) in [4.78, 5) is 30.7. The molecule has 0 aliphatic rings. The zero-order valence-corrected chi connectivity index (χ0v) is 18.1. The molecule has 0 saturated heterocycles. The molecule has 0 amide bonds. The number of nitriles is 1. The van der Waals surface area contributed by atoms with Crippen molar-refractivity contribution in [1.29, 1.82) is 5.26 Å². The summed E-state index contributed by atoms with van der Waals surface area (Å²) < 4.78 is 89.2. The van der Waals surface area contributed by atoms with E-state index in [-0.39, 0.29) is 23.6 Å². The maximum absolute atomic E-state index is 14.6. The zero-order chi connectivity index (χ0) is 26.1. The Labute approximate surface area is 193 Å². The summed E-state index contributed by atoms with van der Waals surface area (Å²) in [7, 11) is 0. The summed E-state index contributed by atoms with van der Waals surface area (Å²) in [5.74, 6) is -11.7. The lowest BCUT2D eigenvalue weighted by molar-refractivity contribution is -0.207. The molecule has 2 heterocycles. The van der Waals surface area contributed by atoms with Gasteiger partial charge < -0.3 is 9.72 Å². The van der Waals surface area contributed by atoms with E-state index in [1.165, 1.54) is 25.3 Å². The molecule has 0 fully saturated rings. The second-order valence-electron chi connectivity index (χ2n) is 7.55. The van der Waals surface area contributed by atoms with Gasteiger partial charge in [-0.1, -0.05) is 6.07 Å². The predicted molar refractivity (Wildman–Crippen MR) is 110 cm³/mol. The van der Waals surface area contributed by atoms with E-state index in [4.69, 9.17) is 4.74 Å². The number of alkyl halides is 6. The first-order chi connectivity index (χ1) is 16.3. The summed E-state index contributed by atoms with van der Waals surface area (Å²) >= 11 is 0. The number of nitrogens with one attached hydrogen (secondary N) is 1. The van der Waals surface area contributed by atoms with Gasteiger partial charge in [0.05, 0.1) is 24.5 Å². The number of rotatable bonds is 7. The molecule has 3 aromatic rings. The quantitative estimate of drug-likeness (QED) is 0.479. The monoisotopic (exact) mass is 498 g/mol. The Hall–Kier alpha value is -4.08. The van der Waals surface area contributed by atoms with Crippen LogP contribution in [0.5, 0.6) is 11.5 Å². The van der Waals surface area contributed by atoms with Crippen molar-refractivity contribution in [2.45, 2.75) is 38.7 Å². The van der Waals surface area contributed by atoms with Gasteiger partial charge in [-0.25, -0.2) is 13.8 Å². The van der Waals surface area contributed by atoms with Crippen LogP contribution >= 0.6 is 0 Å². The zero-order valence-electron chi connectivity index (χ0n) is 18.1. The molecule has 0 unspecified atom stereocenters. The van der Waals surface area contributed by atoms with Crippen molar-refractivity contribution in [3.63, 3.8) is 0 Å². The maximum Gasteiger partial charge on any atom is 0.355 e. The van der Waals surface area contributed by atoms with Crippen LogP contribution in [0.15, 0.2) is 46.4 Å². The van der Waals surface area contributed by atoms with Gasteiger partial charge in [0.15, 0.2) is 5.69 Å². The first-order valence-corrected chi connectivity index (χ1v) is 9.80. The number of hydrogen-bond acceptors (Lipinski definition) is 5. The van der Waals surface area contributed by atoms with Gasteiger partial charge in [0.2, 0.25) is 5.75 Å². The number of hydrogen-bond donors (Lipinski definition) is 1. The van der Waals surface area contributed by atoms with Crippen molar-refractivity contribution in [2.75, 3.05) is 0 Å². The van der Waals surface area contributed by atoms with Crippen molar-refractivity contribution >= 4 is 0 Å².